The van der Waals surface area contributed by atoms with Gasteiger partial charge in [0.25, 0.3) is 0 Å². The first-order chi connectivity index (χ1) is 11.3. The van der Waals surface area contributed by atoms with E-state index in [-0.39, 0.29) is 5.41 Å². The van der Waals surface area contributed by atoms with Crippen molar-refractivity contribution in [1.29, 1.82) is 0 Å². The molecule has 134 valence electrons. The van der Waals surface area contributed by atoms with Crippen LogP contribution in [-0.4, -0.2) is 6.29 Å². The Bertz CT molecular complexity index is 310. The summed E-state index contributed by atoms with van der Waals surface area (Å²) in [5.74, 6) is 1.76. The lowest BCUT2D eigenvalue weighted by Gasteiger charge is -2.39. The topological polar surface area (TPSA) is 17.1 Å². The lowest BCUT2D eigenvalue weighted by Crippen LogP contribution is -2.32. The van der Waals surface area contributed by atoms with E-state index in [1.54, 1.807) is 0 Å². The predicted molar refractivity (Wildman–Crippen MR) is 99.6 cm³/mol. The third-order valence-electron chi connectivity index (χ3n) is 6.76. The Kier molecular flexibility index (Phi) is 8.69. The second-order valence-electron chi connectivity index (χ2n) is 8.61. The molecule has 1 unspecified atom stereocenters. The van der Waals surface area contributed by atoms with E-state index in [0.717, 1.165) is 11.8 Å². The average Bonchev–Trinajstić information content (AvgIpc) is 2.62. The van der Waals surface area contributed by atoms with Gasteiger partial charge < -0.3 is 4.79 Å². The van der Waals surface area contributed by atoms with E-state index in [9.17, 15) is 4.79 Å². The van der Waals surface area contributed by atoms with Crippen molar-refractivity contribution in [3.05, 3.63) is 0 Å². The van der Waals surface area contributed by atoms with Gasteiger partial charge in [0.2, 0.25) is 0 Å². The zero-order valence-electron chi connectivity index (χ0n) is 15.7. The van der Waals surface area contributed by atoms with E-state index in [4.69, 9.17) is 0 Å². The monoisotopic (exact) mass is 320 g/mol. The van der Waals surface area contributed by atoms with Crippen LogP contribution < -0.4 is 0 Å². The van der Waals surface area contributed by atoms with Gasteiger partial charge in [0.1, 0.15) is 6.29 Å². The van der Waals surface area contributed by atoms with E-state index in [2.05, 4.69) is 6.92 Å². The van der Waals surface area contributed by atoms with Crippen molar-refractivity contribution in [3.8, 4) is 0 Å². The third kappa shape index (κ3) is 6.24. The molecule has 2 aliphatic rings. The molecule has 1 nitrogen and oxygen atoms in total. The Morgan fingerprint density at radius 2 is 1.57 bits per heavy atom. The highest BCUT2D eigenvalue weighted by Gasteiger charge is 2.36. The fourth-order valence-corrected chi connectivity index (χ4v) is 5.27. The van der Waals surface area contributed by atoms with Crippen LogP contribution in [0.4, 0.5) is 0 Å². The largest absolute Gasteiger partial charge is 0.303 e. The lowest BCUT2D eigenvalue weighted by molar-refractivity contribution is -0.119. The van der Waals surface area contributed by atoms with Gasteiger partial charge in [-0.05, 0) is 31.1 Å². The maximum absolute atomic E-state index is 11.9. The van der Waals surface area contributed by atoms with Crippen molar-refractivity contribution in [2.24, 2.45) is 17.3 Å². The summed E-state index contributed by atoms with van der Waals surface area (Å²) in [4.78, 5) is 11.9. The van der Waals surface area contributed by atoms with Crippen molar-refractivity contribution in [1.82, 2.24) is 0 Å². The SMILES string of the molecule is CCCCCCCC(CC1(C=O)CCCCC1)C1CCCCC1. The highest BCUT2D eigenvalue weighted by Crippen LogP contribution is 2.45. The number of hydrogen-bond donors (Lipinski definition) is 0. The van der Waals surface area contributed by atoms with Gasteiger partial charge in [0.15, 0.2) is 0 Å². The lowest BCUT2D eigenvalue weighted by atomic mass is 9.65. The van der Waals surface area contributed by atoms with Gasteiger partial charge >= 0.3 is 0 Å². The van der Waals surface area contributed by atoms with Crippen LogP contribution >= 0.6 is 0 Å². The van der Waals surface area contributed by atoms with Crippen molar-refractivity contribution in [3.63, 3.8) is 0 Å². The highest BCUT2D eigenvalue weighted by atomic mass is 16.1. The molecule has 0 aromatic heterocycles. The molecule has 0 saturated heterocycles. The Labute approximate surface area is 145 Å². The fourth-order valence-electron chi connectivity index (χ4n) is 5.27. The summed E-state index contributed by atoms with van der Waals surface area (Å²) >= 11 is 0. The molecule has 1 atom stereocenters. The van der Waals surface area contributed by atoms with E-state index in [1.807, 2.05) is 0 Å². The summed E-state index contributed by atoms with van der Waals surface area (Å²) in [5, 5.41) is 0. The summed E-state index contributed by atoms with van der Waals surface area (Å²) in [7, 11) is 0. The van der Waals surface area contributed by atoms with Gasteiger partial charge in [0, 0.05) is 5.41 Å². The summed E-state index contributed by atoms with van der Waals surface area (Å²) in [6, 6.07) is 0. The van der Waals surface area contributed by atoms with Gasteiger partial charge in [-0.15, -0.1) is 0 Å². The van der Waals surface area contributed by atoms with Crippen molar-refractivity contribution in [2.45, 2.75) is 116 Å². The maximum Gasteiger partial charge on any atom is 0.126 e. The molecular weight excluding hydrogens is 280 g/mol. The first-order valence-electron chi connectivity index (χ1n) is 10.8. The zero-order chi connectivity index (χ0) is 16.4. The first-order valence-corrected chi connectivity index (χ1v) is 10.8. The minimum absolute atomic E-state index is 0.0593. The standard InChI is InChI=1S/C22H40O/c1-2-3-4-5-8-15-21(20-13-9-6-10-14-20)18-22(19-23)16-11-7-12-17-22/h19-21H,2-18H2,1H3. The van der Waals surface area contributed by atoms with Crippen LogP contribution in [0.3, 0.4) is 0 Å². The van der Waals surface area contributed by atoms with Gasteiger partial charge in [-0.2, -0.15) is 0 Å². The Balaban J connectivity index is 1.89. The average molecular weight is 321 g/mol. The summed E-state index contributed by atoms with van der Waals surface area (Å²) in [6.45, 7) is 2.29. The molecule has 0 aromatic carbocycles. The smallest absolute Gasteiger partial charge is 0.126 e. The number of carbonyl (C=O) groups is 1. The van der Waals surface area contributed by atoms with Crippen LogP contribution in [0.25, 0.3) is 0 Å². The van der Waals surface area contributed by atoms with Crippen LogP contribution in [0.2, 0.25) is 0 Å². The molecule has 0 amide bonds. The molecule has 0 spiro atoms. The normalized spacial score (nSPS) is 23.5. The second-order valence-corrected chi connectivity index (χ2v) is 8.61. The molecule has 0 heterocycles. The van der Waals surface area contributed by atoms with Gasteiger partial charge in [-0.1, -0.05) is 96.8 Å². The van der Waals surface area contributed by atoms with E-state index in [1.165, 1.54) is 115 Å². The second kappa shape index (κ2) is 10.5. The van der Waals surface area contributed by atoms with Crippen molar-refractivity contribution >= 4 is 6.29 Å². The quantitative estimate of drug-likeness (QED) is 0.310. The third-order valence-corrected chi connectivity index (χ3v) is 6.76. The zero-order valence-corrected chi connectivity index (χ0v) is 15.7. The molecule has 0 aromatic rings. The molecule has 23 heavy (non-hydrogen) atoms. The summed E-state index contributed by atoms with van der Waals surface area (Å²) in [6.07, 6.45) is 24.4. The highest BCUT2D eigenvalue weighted by molar-refractivity contribution is 5.59. The van der Waals surface area contributed by atoms with Gasteiger partial charge in [0.05, 0.1) is 0 Å². The number of carbonyl (C=O) groups excluding carboxylic acids is 1. The predicted octanol–water partition coefficient (Wildman–Crippen LogP) is 7.08. The van der Waals surface area contributed by atoms with Crippen LogP contribution in [0.15, 0.2) is 0 Å². The minimum Gasteiger partial charge on any atom is -0.303 e. The molecule has 0 radical (unpaired) electrons. The maximum atomic E-state index is 11.9. The molecule has 0 bridgehead atoms. The van der Waals surface area contributed by atoms with Crippen molar-refractivity contribution in [2.75, 3.05) is 0 Å². The van der Waals surface area contributed by atoms with Crippen LogP contribution in [0.5, 0.6) is 0 Å². The molecule has 2 rings (SSSR count). The number of rotatable bonds is 10. The molecule has 0 aliphatic heterocycles. The van der Waals surface area contributed by atoms with Crippen LogP contribution in [0.1, 0.15) is 116 Å². The molecule has 0 N–H and O–H groups in total. The Morgan fingerprint density at radius 3 is 2.22 bits per heavy atom. The van der Waals surface area contributed by atoms with Crippen molar-refractivity contribution < 1.29 is 4.79 Å². The fraction of sp³-hybridized carbons (Fsp3) is 0.955. The van der Waals surface area contributed by atoms with Crippen LogP contribution in [-0.2, 0) is 4.79 Å². The van der Waals surface area contributed by atoms with E-state index < -0.39 is 0 Å². The molecule has 2 fully saturated rings. The van der Waals surface area contributed by atoms with E-state index >= 15 is 0 Å². The number of unbranched alkanes of at least 4 members (excludes halogenated alkanes) is 4. The first kappa shape index (κ1) is 19.0. The molecular formula is C22H40O. The van der Waals surface area contributed by atoms with E-state index in [0.29, 0.717) is 0 Å². The molecule has 2 saturated carbocycles. The summed E-state index contributed by atoms with van der Waals surface area (Å²) in [5.41, 5.74) is 0.0593. The van der Waals surface area contributed by atoms with Crippen LogP contribution in [0, 0.1) is 17.3 Å². The molecule has 1 heteroatoms. The van der Waals surface area contributed by atoms with Gasteiger partial charge in [-0.25, -0.2) is 0 Å². The Morgan fingerprint density at radius 1 is 0.913 bits per heavy atom. The summed E-state index contributed by atoms with van der Waals surface area (Å²) < 4.78 is 0. The Hall–Kier alpha value is -0.330. The number of aldehydes is 1. The molecule has 2 aliphatic carbocycles. The number of hydrogen-bond acceptors (Lipinski definition) is 1. The minimum atomic E-state index is 0.0593. The van der Waals surface area contributed by atoms with Gasteiger partial charge in [-0.3, -0.25) is 0 Å².